The van der Waals surface area contributed by atoms with Gasteiger partial charge in [0.05, 0.1) is 31.6 Å². The second-order valence-corrected chi connectivity index (χ2v) is 8.25. The molecule has 3 heterocycles. The van der Waals surface area contributed by atoms with E-state index in [-0.39, 0.29) is 5.91 Å². The molecule has 0 unspecified atom stereocenters. The number of anilines is 1. The summed E-state index contributed by atoms with van der Waals surface area (Å²) < 4.78 is 16.1. The van der Waals surface area contributed by atoms with Crippen LogP contribution in [-0.4, -0.2) is 87.0 Å². The van der Waals surface area contributed by atoms with Crippen molar-refractivity contribution in [1.82, 2.24) is 20.2 Å². The molecule has 4 rings (SSSR count). The Balaban J connectivity index is 1.55. The number of hydrogen-bond donors (Lipinski definition) is 1. The molecule has 9 heteroatoms. The highest BCUT2D eigenvalue weighted by Gasteiger charge is 2.18. The van der Waals surface area contributed by atoms with Crippen LogP contribution in [-0.2, 0) is 14.3 Å². The molecule has 0 atom stereocenters. The Kier molecular flexibility index (Phi) is 8.84. The zero-order valence-electron chi connectivity index (χ0n) is 19.7. The smallest absolute Gasteiger partial charge is 0.221 e. The van der Waals surface area contributed by atoms with Crippen molar-refractivity contribution in [2.75, 3.05) is 71.1 Å². The predicted octanol–water partition coefficient (Wildman–Crippen LogP) is 2.57. The van der Waals surface area contributed by atoms with E-state index in [1.807, 2.05) is 36.4 Å². The Morgan fingerprint density at radius 2 is 2.00 bits per heavy atom. The number of carbonyl (C=O) groups excluding carboxylic acids is 1. The van der Waals surface area contributed by atoms with Gasteiger partial charge in [0.15, 0.2) is 11.6 Å². The van der Waals surface area contributed by atoms with E-state index in [2.05, 4.69) is 15.1 Å². The highest BCUT2D eigenvalue weighted by atomic mass is 16.5. The average molecular weight is 468 g/mol. The lowest BCUT2D eigenvalue weighted by Gasteiger charge is -2.29. The normalized spacial score (nSPS) is 14.4. The van der Waals surface area contributed by atoms with Crippen LogP contribution in [0.25, 0.3) is 22.5 Å². The number of furan rings is 1. The number of morpholine rings is 1. The summed E-state index contributed by atoms with van der Waals surface area (Å²) in [4.78, 5) is 26.7. The van der Waals surface area contributed by atoms with Crippen molar-refractivity contribution in [3.63, 3.8) is 0 Å². The molecule has 1 fully saturated rings. The fourth-order valence-electron chi connectivity index (χ4n) is 4.07. The maximum Gasteiger partial charge on any atom is 0.221 e. The second-order valence-electron chi connectivity index (χ2n) is 8.25. The molecule has 1 aliphatic heterocycles. The molecule has 1 aromatic carbocycles. The Bertz CT molecular complexity index is 1040. The van der Waals surface area contributed by atoms with E-state index in [4.69, 9.17) is 23.9 Å². The lowest BCUT2D eigenvalue weighted by atomic mass is 10.2. The largest absolute Gasteiger partial charge is 0.461 e. The quantitative estimate of drug-likeness (QED) is 0.406. The van der Waals surface area contributed by atoms with E-state index in [1.54, 1.807) is 13.4 Å². The van der Waals surface area contributed by atoms with Crippen molar-refractivity contribution in [3.8, 4) is 11.6 Å². The van der Waals surface area contributed by atoms with Crippen molar-refractivity contribution in [1.29, 1.82) is 0 Å². The van der Waals surface area contributed by atoms with Crippen molar-refractivity contribution in [3.05, 3.63) is 42.7 Å². The minimum absolute atomic E-state index is 0.000140. The van der Waals surface area contributed by atoms with Crippen LogP contribution in [0.4, 0.5) is 5.82 Å². The van der Waals surface area contributed by atoms with E-state index in [0.29, 0.717) is 37.7 Å². The summed E-state index contributed by atoms with van der Waals surface area (Å²) in [5.41, 5.74) is 0.849. The van der Waals surface area contributed by atoms with Gasteiger partial charge in [0.25, 0.3) is 0 Å². The molecule has 0 spiro atoms. The number of benzene rings is 1. The minimum atomic E-state index is -0.000140. The van der Waals surface area contributed by atoms with Crippen molar-refractivity contribution >= 4 is 22.6 Å². The number of para-hydroxylation sites is 1. The Hall–Kier alpha value is -3.01. The lowest BCUT2D eigenvalue weighted by Crippen LogP contribution is -2.39. The number of nitrogens with one attached hydrogen (secondary N) is 1. The Morgan fingerprint density at radius 1 is 1.15 bits per heavy atom. The third kappa shape index (κ3) is 6.53. The monoisotopic (exact) mass is 467 g/mol. The number of amides is 1. The Morgan fingerprint density at radius 3 is 2.79 bits per heavy atom. The first kappa shape index (κ1) is 24.1. The second kappa shape index (κ2) is 12.5. The number of nitrogens with zero attached hydrogens (tertiary/aromatic N) is 4. The van der Waals surface area contributed by atoms with E-state index < -0.39 is 0 Å². The molecule has 2 aromatic heterocycles. The van der Waals surface area contributed by atoms with Gasteiger partial charge in [-0.25, -0.2) is 9.97 Å². The van der Waals surface area contributed by atoms with Crippen molar-refractivity contribution in [2.24, 2.45) is 0 Å². The summed E-state index contributed by atoms with van der Waals surface area (Å²) in [6.07, 6.45) is 2.95. The third-order valence-corrected chi connectivity index (χ3v) is 5.87. The number of fused-ring (bicyclic) bond motifs is 1. The summed E-state index contributed by atoms with van der Waals surface area (Å²) in [5.74, 6) is 1.99. The summed E-state index contributed by atoms with van der Waals surface area (Å²) in [5, 5.41) is 3.87. The third-order valence-electron chi connectivity index (χ3n) is 5.87. The molecule has 1 N–H and O–H groups in total. The van der Waals surface area contributed by atoms with Crippen LogP contribution in [0.3, 0.4) is 0 Å². The molecular formula is C25H33N5O4. The van der Waals surface area contributed by atoms with Crippen LogP contribution in [0.15, 0.2) is 47.1 Å². The van der Waals surface area contributed by atoms with Crippen molar-refractivity contribution in [2.45, 2.75) is 12.8 Å². The zero-order valence-corrected chi connectivity index (χ0v) is 19.7. The van der Waals surface area contributed by atoms with Crippen LogP contribution in [0, 0.1) is 0 Å². The van der Waals surface area contributed by atoms with Gasteiger partial charge < -0.3 is 24.1 Å². The summed E-state index contributed by atoms with van der Waals surface area (Å²) in [6, 6.07) is 11.7. The number of carbonyl (C=O) groups is 1. The van der Waals surface area contributed by atoms with Gasteiger partial charge in [0, 0.05) is 58.2 Å². The standard InChI is InChI=1S/C25H33N5O4/c1-32-17-10-26-23(31)9-13-30(12-5-11-29-14-18-33-19-15-29)25-20-6-2-3-7-21(20)27-24(28-25)22-8-4-16-34-22/h2-4,6-8,16H,5,9-15,17-19H2,1H3,(H,26,31). The van der Waals surface area contributed by atoms with Crippen LogP contribution >= 0.6 is 0 Å². The molecule has 1 amide bonds. The van der Waals surface area contributed by atoms with Gasteiger partial charge >= 0.3 is 0 Å². The van der Waals surface area contributed by atoms with Gasteiger partial charge in [-0.3, -0.25) is 9.69 Å². The number of methoxy groups -OCH3 is 1. The topological polar surface area (TPSA) is 93.0 Å². The average Bonchev–Trinajstić information content (AvgIpc) is 3.41. The molecule has 0 radical (unpaired) electrons. The molecule has 0 saturated carbocycles. The molecule has 9 nitrogen and oxygen atoms in total. The first-order valence-electron chi connectivity index (χ1n) is 11.9. The van der Waals surface area contributed by atoms with E-state index in [9.17, 15) is 4.79 Å². The highest BCUT2D eigenvalue weighted by molar-refractivity contribution is 5.91. The first-order chi connectivity index (χ1) is 16.7. The fraction of sp³-hybridized carbons (Fsp3) is 0.480. The number of rotatable bonds is 12. The first-order valence-corrected chi connectivity index (χ1v) is 11.9. The maximum atomic E-state index is 12.4. The zero-order chi connectivity index (χ0) is 23.6. The highest BCUT2D eigenvalue weighted by Crippen LogP contribution is 2.28. The lowest BCUT2D eigenvalue weighted by molar-refractivity contribution is -0.121. The SMILES string of the molecule is COCCNC(=O)CCN(CCCN1CCOCC1)c1nc(-c2ccco2)nc2ccccc12. The molecular weight excluding hydrogens is 434 g/mol. The number of aromatic nitrogens is 2. The molecule has 0 bridgehead atoms. The van der Waals surface area contributed by atoms with E-state index in [1.165, 1.54) is 0 Å². The van der Waals surface area contributed by atoms with Gasteiger partial charge in [-0.15, -0.1) is 0 Å². The van der Waals surface area contributed by atoms with Gasteiger partial charge in [-0.2, -0.15) is 0 Å². The maximum absolute atomic E-state index is 12.4. The number of ether oxygens (including phenoxy) is 2. The van der Waals surface area contributed by atoms with E-state index in [0.717, 1.165) is 62.5 Å². The molecule has 182 valence electrons. The van der Waals surface area contributed by atoms with Crippen LogP contribution in [0.5, 0.6) is 0 Å². The number of hydrogen-bond acceptors (Lipinski definition) is 8. The molecule has 34 heavy (non-hydrogen) atoms. The molecule has 1 aliphatic rings. The van der Waals surface area contributed by atoms with Gasteiger partial charge in [-0.1, -0.05) is 12.1 Å². The molecule has 1 saturated heterocycles. The summed E-state index contributed by atoms with van der Waals surface area (Å²) >= 11 is 0. The fourth-order valence-corrected chi connectivity index (χ4v) is 4.07. The summed E-state index contributed by atoms with van der Waals surface area (Å²) in [7, 11) is 1.62. The van der Waals surface area contributed by atoms with Gasteiger partial charge in [0.2, 0.25) is 5.91 Å². The van der Waals surface area contributed by atoms with Gasteiger partial charge in [0.1, 0.15) is 5.82 Å². The predicted molar refractivity (Wildman–Crippen MR) is 131 cm³/mol. The van der Waals surface area contributed by atoms with E-state index >= 15 is 0 Å². The summed E-state index contributed by atoms with van der Waals surface area (Å²) in [6.45, 7) is 6.81. The molecule has 0 aliphatic carbocycles. The Labute approximate surface area is 200 Å². The van der Waals surface area contributed by atoms with Crippen LogP contribution in [0.2, 0.25) is 0 Å². The van der Waals surface area contributed by atoms with Gasteiger partial charge in [-0.05, 0) is 30.7 Å². The minimum Gasteiger partial charge on any atom is -0.461 e. The van der Waals surface area contributed by atoms with Crippen LogP contribution < -0.4 is 10.2 Å². The van der Waals surface area contributed by atoms with Crippen LogP contribution in [0.1, 0.15) is 12.8 Å². The molecule has 3 aromatic rings. The van der Waals surface area contributed by atoms with Crippen molar-refractivity contribution < 1.29 is 18.7 Å².